The number of para-hydroxylation sites is 1. The molecule has 2 aromatic carbocycles. The number of carbonyl (C=O) groups excluding carboxylic acids is 1. The highest BCUT2D eigenvalue weighted by Gasteiger charge is 2.31. The second kappa shape index (κ2) is 7.98. The molecule has 0 fully saturated rings. The molecule has 4 rings (SSSR count). The van der Waals surface area contributed by atoms with Crippen molar-refractivity contribution < 1.29 is 26.9 Å². The molecule has 31 heavy (non-hydrogen) atoms. The van der Waals surface area contributed by atoms with Gasteiger partial charge in [0.1, 0.15) is 17.8 Å². The number of amides is 1. The highest BCUT2D eigenvalue weighted by molar-refractivity contribution is 6.03. The third-order valence-electron chi connectivity index (χ3n) is 4.41. The maximum Gasteiger partial charge on any atom is 0.248 e. The minimum atomic E-state index is -1.70. The van der Waals surface area contributed by atoms with Gasteiger partial charge in [-0.2, -0.15) is 0 Å². The van der Waals surface area contributed by atoms with Gasteiger partial charge in [-0.1, -0.05) is 17.3 Å². The first-order chi connectivity index (χ1) is 14.9. The summed E-state index contributed by atoms with van der Waals surface area (Å²) in [6.45, 7) is 1.16. The molecule has 0 aliphatic carbocycles. The van der Waals surface area contributed by atoms with Crippen LogP contribution in [0.5, 0.6) is 0 Å². The fourth-order valence-electron chi connectivity index (χ4n) is 3.05. The van der Waals surface area contributed by atoms with Crippen LogP contribution in [0.4, 0.5) is 29.1 Å². The molecular weight excluding hydrogens is 416 g/mol. The Kier molecular flexibility index (Phi) is 5.20. The lowest BCUT2D eigenvalue weighted by atomic mass is 10.0. The van der Waals surface area contributed by atoms with E-state index in [4.69, 9.17) is 4.52 Å². The maximum absolute atomic E-state index is 14.5. The van der Waals surface area contributed by atoms with Crippen LogP contribution in [0.25, 0.3) is 22.5 Å². The van der Waals surface area contributed by atoms with Crippen molar-refractivity contribution in [3.8, 4) is 22.5 Å². The Morgan fingerprint density at radius 2 is 1.74 bits per heavy atom. The van der Waals surface area contributed by atoms with E-state index < -0.39 is 34.7 Å². The van der Waals surface area contributed by atoms with Crippen LogP contribution in [0.3, 0.4) is 0 Å². The van der Waals surface area contributed by atoms with Gasteiger partial charge in [-0.15, -0.1) is 0 Å². The standard InChI is InChI=1S/C21H12F4N4O2/c1-11(30)29(16-5-3-2-4-13(16)22)21-17(15-8-9-26-10-27-15)20(28-31-21)12-6-7-14(23)19(25)18(12)24/h2-10H,1H3. The average molecular weight is 428 g/mol. The highest BCUT2D eigenvalue weighted by atomic mass is 19.2. The van der Waals surface area contributed by atoms with Crippen molar-refractivity contribution in [2.75, 3.05) is 4.90 Å². The SMILES string of the molecule is CC(=O)N(c1ccccc1F)c1onc(-c2ccc(F)c(F)c2F)c1-c1ccncn1. The van der Waals surface area contributed by atoms with E-state index in [1.165, 1.54) is 36.8 Å². The van der Waals surface area contributed by atoms with Crippen molar-refractivity contribution in [3.05, 3.63) is 78.3 Å². The molecule has 0 aliphatic rings. The van der Waals surface area contributed by atoms with Crippen molar-refractivity contribution >= 4 is 17.5 Å². The third-order valence-corrected chi connectivity index (χ3v) is 4.41. The second-order valence-corrected chi connectivity index (χ2v) is 6.33. The zero-order valence-electron chi connectivity index (χ0n) is 15.8. The molecule has 0 aliphatic heterocycles. The van der Waals surface area contributed by atoms with Crippen molar-refractivity contribution in [2.24, 2.45) is 0 Å². The fraction of sp³-hybridized carbons (Fsp3) is 0.0476. The fourth-order valence-corrected chi connectivity index (χ4v) is 3.05. The summed E-state index contributed by atoms with van der Waals surface area (Å²) in [6, 6.07) is 8.53. The number of anilines is 2. The van der Waals surface area contributed by atoms with E-state index in [-0.39, 0.29) is 28.5 Å². The molecule has 4 aromatic rings. The molecule has 0 saturated carbocycles. The normalized spacial score (nSPS) is 10.9. The molecule has 10 heteroatoms. The van der Waals surface area contributed by atoms with E-state index >= 15 is 0 Å². The first kappa shape index (κ1) is 20.2. The summed E-state index contributed by atoms with van der Waals surface area (Å²) in [4.78, 5) is 21.2. The summed E-state index contributed by atoms with van der Waals surface area (Å²) < 4.78 is 61.6. The van der Waals surface area contributed by atoms with Gasteiger partial charge in [-0.05, 0) is 30.3 Å². The first-order valence-electron chi connectivity index (χ1n) is 8.85. The van der Waals surface area contributed by atoms with E-state index in [9.17, 15) is 22.4 Å². The van der Waals surface area contributed by atoms with E-state index in [1.54, 1.807) is 0 Å². The summed E-state index contributed by atoms with van der Waals surface area (Å²) in [5.41, 5.74) is -0.746. The van der Waals surface area contributed by atoms with Crippen LogP contribution in [0, 0.1) is 23.3 Å². The van der Waals surface area contributed by atoms with Gasteiger partial charge < -0.3 is 4.52 Å². The molecule has 0 unspecified atom stereocenters. The van der Waals surface area contributed by atoms with Crippen molar-refractivity contribution in [2.45, 2.75) is 6.92 Å². The number of aromatic nitrogens is 3. The van der Waals surface area contributed by atoms with Crippen molar-refractivity contribution in [3.63, 3.8) is 0 Å². The molecule has 2 aromatic heterocycles. The van der Waals surface area contributed by atoms with Crippen LogP contribution in [0.2, 0.25) is 0 Å². The predicted molar refractivity (Wildman–Crippen MR) is 102 cm³/mol. The molecule has 156 valence electrons. The Balaban J connectivity index is 2.02. The summed E-state index contributed by atoms with van der Waals surface area (Å²) in [7, 11) is 0. The van der Waals surface area contributed by atoms with Crippen LogP contribution in [0.1, 0.15) is 6.92 Å². The van der Waals surface area contributed by atoms with Gasteiger partial charge in [0.05, 0.1) is 16.9 Å². The summed E-state index contributed by atoms with van der Waals surface area (Å²) >= 11 is 0. The molecule has 0 bridgehead atoms. The van der Waals surface area contributed by atoms with Crippen LogP contribution in [-0.4, -0.2) is 21.0 Å². The lowest BCUT2D eigenvalue weighted by molar-refractivity contribution is -0.116. The van der Waals surface area contributed by atoms with Crippen molar-refractivity contribution in [1.82, 2.24) is 15.1 Å². The molecule has 0 N–H and O–H groups in total. The molecule has 2 heterocycles. The van der Waals surface area contributed by atoms with Crippen LogP contribution in [-0.2, 0) is 4.79 Å². The Labute approximate surface area is 172 Å². The predicted octanol–water partition coefficient (Wildman–Crippen LogP) is 5.04. The Morgan fingerprint density at radius 1 is 0.968 bits per heavy atom. The van der Waals surface area contributed by atoms with Gasteiger partial charge in [-0.25, -0.2) is 32.4 Å². The van der Waals surface area contributed by atoms with Gasteiger partial charge in [-0.3, -0.25) is 4.79 Å². The maximum atomic E-state index is 14.5. The van der Waals surface area contributed by atoms with Crippen molar-refractivity contribution in [1.29, 1.82) is 0 Å². The lowest BCUT2D eigenvalue weighted by Gasteiger charge is -2.19. The van der Waals surface area contributed by atoms with Crippen LogP contribution in [0.15, 0.2) is 59.5 Å². The number of hydrogen-bond donors (Lipinski definition) is 0. The van der Waals surface area contributed by atoms with Gasteiger partial charge in [0.25, 0.3) is 0 Å². The highest BCUT2D eigenvalue weighted by Crippen LogP contribution is 2.42. The number of nitrogens with zero attached hydrogens (tertiary/aromatic N) is 4. The molecule has 0 saturated heterocycles. The second-order valence-electron chi connectivity index (χ2n) is 6.33. The van der Waals surface area contributed by atoms with E-state index in [2.05, 4.69) is 15.1 Å². The van der Waals surface area contributed by atoms with E-state index in [0.29, 0.717) is 0 Å². The van der Waals surface area contributed by atoms with Crippen LogP contribution >= 0.6 is 0 Å². The summed E-state index contributed by atoms with van der Waals surface area (Å²) in [5, 5.41) is 3.77. The molecule has 1 amide bonds. The van der Waals surface area contributed by atoms with Gasteiger partial charge in [0.15, 0.2) is 17.5 Å². The molecule has 0 radical (unpaired) electrons. The quantitative estimate of drug-likeness (QED) is 0.336. The number of benzene rings is 2. The number of hydrogen-bond acceptors (Lipinski definition) is 5. The average Bonchev–Trinajstić information content (AvgIpc) is 3.18. The van der Waals surface area contributed by atoms with Gasteiger partial charge in [0.2, 0.25) is 11.8 Å². The lowest BCUT2D eigenvalue weighted by Crippen LogP contribution is -2.24. The summed E-state index contributed by atoms with van der Waals surface area (Å²) in [6.07, 6.45) is 2.55. The number of carbonyl (C=O) groups is 1. The molecular formula is C21H12F4N4O2. The molecule has 0 atom stereocenters. The largest absolute Gasteiger partial charge is 0.336 e. The van der Waals surface area contributed by atoms with Gasteiger partial charge >= 0.3 is 0 Å². The van der Waals surface area contributed by atoms with Crippen LogP contribution < -0.4 is 4.90 Å². The molecule has 6 nitrogen and oxygen atoms in total. The summed E-state index contributed by atoms with van der Waals surface area (Å²) in [5.74, 6) is -6.25. The molecule has 0 spiro atoms. The number of halogens is 4. The zero-order valence-corrected chi connectivity index (χ0v) is 15.8. The van der Waals surface area contributed by atoms with E-state index in [0.717, 1.165) is 30.0 Å². The third kappa shape index (κ3) is 3.52. The minimum absolute atomic E-state index is 0.0363. The first-order valence-corrected chi connectivity index (χ1v) is 8.85. The Morgan fingerprint density at radius 3 is 2.42 bits per heavy atom. The Hall–Kier alpha value is -4.08. The minimum Gasteiger partial charge on any atom is -0.336 e. The monoisotopic (exact) mass is 428 g/mol. The smallest absolute Gasteiger partial charge is 0.248 e. The Bertz CT molecular complexity index is 1280. The van der Waals surface area contributed by atoms with E-state index in [1.807, 2.05) is 0 Å². The van der Waals surface area contributed by atoms with Gasteiger partial charge in [0, 0.05) is 18.7 Å². The zero-order chi connectivity index (χ0) is 22.1. The topological polar surface area (TPSA) is 72.1 Å². The number of rotatable bonds is 4.